The number of amides is 1. The van der Waals surface area contributed by atoms with Crippen molar-refractivity contribution in [3.05, 3.63) is 29.8 Å². The zero-order valence-electron chi connectivity index (χ0n) is 9.16. The molecule has 0 radical (unpaired) electrons. The number of anilines is 1. The van der Waals surface area contributed by atoms with Gasteiger partial charge in [0.05, 0.1) is 5.92 Å². The lowest BCUT2D eigenvalue weighted by Gasteiger charge is -2.19. The van der Waals surface area contributed by atoms with Gasteiger partial charge in [0.1, 0.15) is 0 Å². The molecule has 1 aliphatic heterocycles. The molecule has 0 saturated carbocycles. The van der Waals surface area contributed by atoms with Gasteiger partial charge in [-0.3, -0.25) is 4.79 Å². The molecule has 3 nitrogen and oxygen atoms in total. The van der Waals surface area contributed by atoms with Crippen molar-refractivity contribution in [1.29, 1.82) is 0 Å². The summed E-state index contributed by atoms with van der Waals surface area (Å²) in [5, 5.41) is 3.26. The molecular formula is C12H16N2O. The molecule has 0 bridgehead atoms. The Balaban J connectivity index is 2.24. The molecule has 0 aromatic heterocycles. The first-order valence-corrected chi connectivity index (χ1v) is 5.31. The van der Waals surface area contributed by atoms with E-state index in [-0.39, 0.29) is 11.8 Å². The minimum atomic E-state index is -0.00819. The molecule has 15 heavy (non-hydrogen) atoms. The van der Waals surface area contributed by atoms with Crippen LogP contribution in [-0.4, -0.2) is 30.9 Å². The van der Waals surface area contributed by atoms with Crippen molar-refractivity contribution in [3.8, 4) is 0 Å². The fraction of sp³-hybridized carbons (Fsp3) is 0.417. The molecule has 0 saturated heterocycles. The van der Waals surface area contributed by atoms with Crippen molar-refractivity contribution in [3.63, 3.8) is 0 Å². The summed E-state index contributed by atoms with van der Waals surface area (Å²) in [6.45, 7) is 3.48. The molecule has 1 N–H and O–H groups in total. The number of carbonyl (C=O) groups excluding carboxylic acids is 1. The molecule has 1 heterocycles. The molecule has 1 aliphatic rings. The zero-order chi connectivity index (χ0) is 10.8. The molecule has 0 aliphatic carbocycles. The summed E-state index contributed by atoms with van der Waals surface area (Å²) in [7, 11) is 1.85. The molecule has 1 aromatic rings. The standard InChI is InChI=1S/C12H16N2O/c1-3-14(2)12(15)10-8-13-11-7-5-4-6-9(10)11/h4-7,10,13H,3,8H2,1-2H3. The third-order valence-electron chi connectivity index (χ3n) is 2.98. The Hall–Kier alpha value is -1.51. The van der Waals surface area contributed by atoms with Gasteiger partial charge in [0.15, 0.2) is 0 Å². The van der Waals surface area contributed by atoms with E-state index in [4.69, 9.17) is 0 Å². The summed E-state index contributed by atoms with van der Waals surface area (Å²) in [5.41, 5.74) is 2.23. The van der Waals surface area contributed by atoms with Crippen LogP contribution in [0.2, 0.25) is 0 Å². The van der Waals surface area contributed by atoms with Gasteiger partial charge in [-0.2, -0.15) is 0 Å². The molecule has 80 valence electrons. The lowest BCUT2D eigenvalue weighted by atomic mass is 10.00. The number of likely N-dealkylation sites (N-methyl/N-ethyl adjacent to an activating group) is 1. The van der Waals surface area contributed by atoms with Crippen LogP contribution in [0.5, 0.6) is 0 Å². The van der Waals surface area contributed by atoms with E-state index in [1.807, 2.05) is 38.2 Å². The first kappa shape index (κ1) is 10.0. The van der Waals surface area contributed by atoms with Crippen molar-refractivity contribution in [2.45, 2.75) is 12.8 Å². The first-order chi connectivity index (χ1) is 7.24. The van der Waals surface area contributed by atoms with E-state index in [0.29, 0.717) is 0 Å². The van der Waals surface area contributed by atoms with Gasteiger partial charge in [0.2, 0.25) is 5.91 Å². The van der Waals surface area contributed by atoms with Gasteiger partial charge >= 0.3 is 0 Å². The lowest BCUT2D eigenvalue weighted by Crippen LogP contribution is -2.32. The minimum Gasteiger partial charge on any atom is -0.384 e. The second-order valence-electron chi connectivity index (χ2n) is 3.87. The van der Waals surface area contributed by atoms with Crippen LogP contribution in [0.4, 0.5) is 5.69 Å². The van der Waals surface area contributed by atoms with Crippen LogP contribution < -0.4 is 5.32 Å². The molecule has 1 atom stereocenters. The van der Waals surface area contributed by atoms with Crippen molar-refractivity contribution < 1.29 is 4.79 Å². The van der Waals surface area contributed by atoms with Crippen LogP contribution >= 0.6 is 0 Å². The maximum Gasteiger partial charge on any atom is 0.231 e. The fourth-order valence-corrected chi connectivity index (χ4v) is 1.93. The number of benzene rings is 1. The van der Waals surface area contributed by atoms with Crippen LogP contribution in [0, 0.1) is 0 Å². The molecule has 2 rings (SSSR count). The van der Waals surface area contributed by atoms with Gasteiger partial charge in [-0.1, -0.05) is 18.2 Å². The predicted molar refractivity (Wildman–Crippen MR) is 61.0 cm³/mol. The van der Waals surface area contributed by atoms with E-state index in [1.54, 1.807) is 4.90 Å². The Bertz CT molecular complexity index is 376. The van der Waals surface area contributed by atoms with Crippen LogP contribution in [0.25, 0.3) is 0 Å². The summed E-state index contributed by atoms with van der Waals surface area (Å²) >= 11 is 0. The van der Waals surface area contributed by atoms with E-state index in [9.17, 15) is 4.79 Å². The van der Waals surface area contributed by atoms with Gasteiger partial charge in [-0.25, -0.2) is 0 Å². The van der Waals surface area contributed by atoms with Crippen LogP contribution in [0.3, 0.4) is 0 Å². The van der Waals surface area contributed by atoms with Crippen molar-refractivity contribution >= 4 is 11.6 Å². The number of nitrogens with zero attached hydrogens (tertiary/aromatic N) is 1. The number of fused-ring (bicyclic) bond motifs is 1. The molecule has 1 aromatic carbocycles. The summed E-state index contributed by atoms with van der Waals surface area (Å²) in [5.74, 6) is 0.195. The van der Waals surface area contributed by atoms with Gasteiger partial charge in [0.25, 0.3) is 0 Å². The lowest BCUT2D eigenvalue weighted by molar-refractivity contribution is -0.130. The number of rotatable bonds is 2. The average Bonchev–Trinajstić information content (AvgIpc) is 2.70. The maximum absolute atomic E-state index is 12.0. The number of para-hydroxylation sites is 1. The van der Waals surface area contributed by atoms with E-state index in [2.05, 4.69) is 5.32 Å². The van der Waals surface area contributed by atoms with E-state index < -0.39 is 0 Å². The summed E-state index contributed by atoms with van der Waals surface area (Å²) in [6, 6.07) is 8.02. The quantitative estimate of drug-likeness (QED) is 0.794. The summed E-state index contributed by atoms with van der Waals surface area (Å²) < 4.78 is 0. The molecular weight excluding hydrogens is 188 g/mol. The maximum atomic E-state index is 12.0. The van der Waals surface area contributed by atoms with E-state index in [1.165, 1.54) is 0 Å². The van der Waals surface area contributed by atoms with Gasteiger partial charge in [-0.15, -0.1) is 0 Å². The van der Waals surface area contributed by atoms with Crippen LogP contribution in [-0.2, 0) is 4.79 Å². The van der Waals surface area contributed by atoms with Crippen LogP contribution in [0.1, 0.15) is 18.4 Å². The summed E-state index contributed by atoms with van der Waals surface area (Å²) in [6.07, 6.45) is 0. The van der Waals surface area contributed by atoms with Crippen molar-refractivity contribution in [1.82, 2.24) is 4.90 Å². The number of hydrogen-bond acceptors (Lipinski definition) is 2. The Labute approximate surface area is 90.1 Å². The van der Waals surface area contributed by atoms with E-state index in [0.717, 1.165) is 24.3 Å². The number of carbonyl (C=O) groups is 1. The SMILES string of the molecule is CCN(C)C(=O)C1CNc2ccccc21. The highest BCUT2D eigenvalue weighted by atomic mass is 16.2. The monoisotopic (exact) mass is 204 g/mol. The first-order valence-electron chi connectivity index (χ1n) is 5.31. The Morgan fingerprint density at radius 3 is 3.00 bits per heavy atom. The topological polar surface area (TPSA) is 32.3 Å². The largest absolute Gasteiger partial charge is 0.384 e. The molecule has 0 fully saturated rings. The van der Waals surface area contributed by atoms with Crippen molar-refractivity contribution in [2.75, 3.05) is 25.5 Å². The average molecular weight is 204 g/mol. The Morgan fingerprint density at radius 1 is 1.53 bits per heavy atom. The Morgan fingerprint density at radius 2 is 2.27 bits per heavy atom. The zero-order valence-corrected chi connectivity index (χ0v) is 9.16. The molecule has 3 heteroatoms. The highest BCUT2D eigenvalue weighted by Crippen LogP contribution is 2.31. The predicted octanol–water partition coefficient (Wildman–Crippen LogP) is 1.67. The highest BCUT2D eigenvalue weighted by molar-refractivity contribution is 5.88. The smallest absolute Gasteiger partial charge is 0.231 e. The van der Waals surface area contributed by atoms with Gasteiger partial charge in [0, 0.05) is 25.8 Å². The second-order valence-corrected chi connectivity index (χ2v) is 3.87. The third kappa shape index (κ3) is 1.69. The normalized spacial score (nSPS) is 18.1. The van der Waals surface area contributed by atoms with Gasteiger partial charge in [-0.05, 0) is 18.6 Å². The fourth-order valence-electron chi connectivity index (χ4n) is 1.93. The van der Waals surface area contributed by atoms with E-state index >= 15 is 0 Å². The van der Waals surface area contributed by atoms with Crippen LogP contribution in [0.15, 0.2) is 24.3 Å². The third-order valence-corrected chi connectivity index (χ3v) is 2.98. The number of hydrogen-bond donors (Lipinski definition) is 1. The Kier molecular flexibility index (Phi) is 2.62. The van der Waals surface area contributed by atoms with Crippen molar-refractivity contribution in [2.24, 2.45) is 0 Å². The van der Waals surface area contributed by atoms with Gasteiger partial charge < -0.3 is 10.2 Å². The molecule has 1 unspecified atom stereocenters. The summed E-state index contributed by atoms with van der Waals surface area (Å²) in [4.78, 5) is 13.8. The number of nitrogens with one attached hydrogen (secondary N) is 1. The second kappa shape index (κ2) is 3.93. The molecule has 1 amide bonds. The molecule has 0 spiro atoms. The minimum absolute atomic E-state index is 0.00819. The highest BCUT2D eigenvalue weighted by Gasteiger charge is 2.29.